The molecule has 114 valence electrons. The zero-order chi connectivity index (χ0) is 14.7. The Hall–Kier alpha value is -0.840. The lowest BCUT2D eigenvalue weighted by Crippen LogP contribution is -2.40. The Kier molecular flexibility index (Phi) is 4.67. The normalized spacial score (nSPS) is 26.9. The van der Waals surface area contributed by atoms with Gasteiger partial charge in [0.25, 0.3) is 0 Å². The van der Waals surface area contributed by atoms with Gasteiger partial charge < -0.3 is 0 Å². The highest BCUT2D eigenvalue weighted by atomic mass is 32.2. The van der Waals surface area contributed by atoms with E-state index in [9.17, 15) is 4.79 Å². The van der Waals surface area contributed by atoms with Crippen molar-refractivity contribution >= 4 is 18.1 Å². The summed E-state index contributed by atoms with van der Waals surface area (Å²) < 4.78 is 10.7. The summed E-state index contributed by atoms with van der Waals surface area (Å²) in [6.07, 6.45) is 7.20. The van der Waals surface area contributed by atoms with Crippen LogP contribution in [0.1, 0.15) is 67.3 Å². The van der Waals surface area contributed by atoms with Crippen molar-refractivity contribution in [3.63, 3.8) is 0 Å². The van der Waals surface area contributed by atoms with Crippen molar-refractivity contribution in [2.24, 2.45) is 0 Å². The van der Waals surface area contributed by atoms with E-state index in [0.29, 0.717) is 18.9 Å². The predicted molar refractivity (Wildman–Crippen MR) is 84.2 cm³/mol. The summed E-state index contributed by atoms with van der Waals surface area (Å²) in [6, 6.07) is 8.15. The third kappa shape index (κ3) is 3.03. The van der Waals surface area contributed by atoms with Gasteiger partial charge in [0, 0.05) is 5.56 Å². The summed E-state index contributed by atoms with van der Waals surface area (Å²) >= 11 is 0.934. The Balaban J connectivity index is 1.75. The third-order valence-electron chi connectivity index (χ3n) is 4.77. The van der Waals surface area contributed by atoms with E-state index in [4.69, 9.17) is 8.37 Å². The van der Waals surface area contributed by atoms with E-state index in [1.54, 1.807) is 0 Å². The van der Waals surface area contributed by atoms with E-state index >= 15 is 0 Å². The first-order valence-corrected chi connectivity index (χ1v) is 8.54. The molecule has 1 atom stereocenters. The average molecular weight is 306 g/mol. The molecule has 2 aliphatic rings. The lowest BCUT2D eigenvalue weighted by atomic mass is 9.83. The van der Waals surface area contributed by atoms with E-state index < -0.39 is 5.60 Å². The molecule has 1 aromatic rings. The molecule has 0 spiro atoms. The van der Waals surface area contributed by atoms with E-state index in [-0.39, 0.29) is 5.78 Å². The molecule has 0 N–H and O–H groups in total. The minimum atomic E-state index is -0.809. The van der Waals surface area contributed by atoms with E-state index in [2.05, 4.69) is 12.1 Å². The SMILES string of the molecule is CCC1(C(=O)c2ccc(C3CCCCC3)cc2)COSO1. The van der Waals surface area contributed by atoms with Crippen molar-refractivity contribution in [1.82, 2.24) is 0 Å². The van der Waals surface area contributed by atoms with Gasteiger partial charge >= 0.3 is 0 Å². The molecule has 4 heteroatoms. The van der Waals surface area contributed by atoms with Crippen LogP contribution >= 0.6 is 12.3 Å². The number of hydrogen-bond donors (Lipinski definition) is 0. The molecule has 1 unspecified atom stereocenters. The Labute approximate surface area is 130 Å². The smallest absolute Gasteiger partial charge is 0.198 e. The first kappa shape index (κ1) is 15.1. The maximum atomic E-state index is 12.7. The van der Waals surface area contributed by atoms with Crippen molar-refractivity contribution in [2.75, 3.05) is 6.61 Å². The first-order chi connectivity index (χ1) is 10.2. The molecule has 1 aromatic carbocycles. The number of rotatable bonds is 4. The standard InChI is InChI=1S/C17H22O3S/c1-2-17(12-19-21-20-17)16(18)15-10-8-14(9-11-15)13-6-4-3-5-7-13/h8-11,13H,2-7,12H2,1H3. The Morgan fingerprint density at radius 3 is 2.52 bits per heavy atom. The number of benzene rings is 1. The maximum absolute atomic E-state index is 12.7. The summed E-state index contributed by atoms with van der Waals surface area (Å²) in [5.41, 5.74) is 1.29. The second-order valence-electron chi connectivity index (χ2n) is 6.05. The van der Waals surface area contributed by atoms with Crippen molar-refractivity contribution in [3.8, 4) is 0 Å². The second kappa shape index (κ2) is 6.51. The molecule has 21 heavy (non-hydrogen) atoms. The van der Waals surface area contributed by atoms with E-state index in [0.717, 1.165) is 17.9 Å². The van der Waals surface area contributed by atoms with Gasteiger partial charge in [0.1, 0.15) is 6.61 Å². The molecule has 1 aliphatic heterocycles. The van der Waals surface area contributed by atoms with Crippen molar-refractivity contribution in [2.45, 2.75) is 57.0 Å². The van der Waals surface area contributed by atoms with Crippen LogP contribution in [0.15, 0.2) is 24.3 Å². The molecule has 0 aromatic heterocycles. The molecule has 3 nitrogen and oxygen atoms in total. The van der Waals surface area contributed by atoms with Gasteiger partial charge in [0.2, 0.25) is 0 Å². The van der Waals surface area contributed by atoms with E-state index in [1.807, 2.05) is 19.1 Å². The lowest BCUT2D eigenvalue weighted by molar-refractivity contribution is 0.0537. The Morgan fingerprint density at radius 2 is 1.95 bits per heavy atom. The average Bonchev–Trinajstić information content (AvgIpc) is 3.05. The fraction of sp³-hybridized carbons (Fsp3) is 0.588. The molecule has 2 fully saturated rings. The van der Waals surface area contributed by atoms with Crippen molar-refractivity contribution in [1.29, 1.82) is 0 Å². The summed E-state index contributed by atoms with van der Waals surface area (Å²) in [5, 5.41) is 0. The molecular formula is C17H22O3S. The van der Waals surface area contributed by atoms with Gasteiger partial charge in [-0.1, -0.05) is 50.5 Å². The number of hydrogen-bond acceptors (Lipinski definition) is 4. The topological polar surface area (TPSA) is 35.5 Å². The number of ketones is 1. The van der Waals surface area contributed by atoms with Crippen LogP contribution in [0.5, 0.6) is 0 Å². The molecule has 0 amide bonds. The van der Waals surface area contributed by atoms with Crippen molar-refractivity contribution in [3.05, 3.63) is 35.4 Å². The number of Topliss-reactive ketones (excluding diaryl/α,β-unsaturated/α-hetero) is 1. The largest absolute Gasteiger partial charge is 0.291 e. The van der Waals surface area contributed by atoms with Crippen LogP contribution in [-0.4, -0.2) is 18.0 Å². The van der Waals surface area contributed by atoms with Gasteiger partial charge in [0.15, 0.2) is 23.7 Å². The Morgan fingerprint density at radius 1 is 1.24 bits per heavy atom. The van der Waals surface area contributed by atoms with Crippen LogP contribution in [0.4, 0.5) is 0 Å². The van der Waals surface area contributed by atoms with Gasteiger partial charge in [-0.05, 0) is 30.7 Å². The lowest BCUT2D eigenvalue weighted by Gasteiger charge is -2.23. The fourth-order valence-corrected chi connectivity index (χ4v) is 3.92. The van der Waals surface area contributed by atoms with Crippen LogP contribution in [0.3, 0.4) is 0 Å². The van der Waals surface area contributed by atoms with Crippen molar-refractivity contribution < 1.29 is 13.2 Å². The summed E-state index contributed by atoms with van der Waals surface area (Å²) in [6.45, 7) is 2.29. The zero-order valence-corrected chi connectivity index (χ0v) is 13.3. The van der Waals surface area contributed by atoms with Crippen LogP contribution in [-0.2, 0) is 8.37 Å². The summed E-state index contributed by atoms with van der Waals surface area (Å²) in [5.74, 6) is 0.704. The van der Waals surface area contributed by atoms with Gasteiger partial charge in [0.05, 0.1) is 0 Å². The highest BCUT2D eigenvalue weighted by Gasteiger charge is 2.44. The van der Waals surface area contributed by atoms with E-state index in [1.165, 1.54) is 37.7 Å². The molecule has 0 bridgehead atoms. The molecule has 0 radical (unpaired) electrons. The molecule has 1 saturated carbocycles. The number of carbonyl (C=O) groups excluding carboxylic acids is 1. The Bertz CT molecular complexity index is 485. The van der Waals surface area contributed by atoms with Gasteiger partial charge in [-0.2, -0.15) is 0 Å². The third-order valence-corrected chi connectivity index (χ3v) is 5.37. The minimum Gasteiger partial charge on any atom is -0.291 e. The summed E-state index contributed by atoms with van der Waals surface area (Å²) in [7, 11) is 0. The highest BCUT2D eigenvalue weighted by Crippen LogP contribution is 2.36. The molecule has 1 aliphatic carbocycles. The van der Waals surface area contributed by atoms with Gasteiger partial charge in [-0.15, -0.1) is 0 Å². The van der Waals surface area contributed by atoms with Gasteiger partial charge in [-0.25, -0.2) is 0 Å². The predicted octanol–water partition coefficient (Wildman–Crippen LogP) is 4.68. The van der Waals surface area contributed by atoms with Crippen LogP contribution in [0, 0.1) is 0 Å². The summed E-state index contributed by atoms with van der Waals surface area (Å²) in [4.78, 5) is 12.7. The van der Waals surface area contributed by atoms with Crippen LogP contribution in [0.25, 0.3) is 0 Å². The molecule has 1 saturated heterocycles. The fourth-order valence-electron chi connectivity index (χ4n) is 3.26. The van der Waals surface area contributed by atoms with Crippen LogP contribution < -0.4 is 0 Å². The molecule has 3 rings (SSSR count). The monoisotopic (exact) mass is 306 g/mol. The van der Waals surface area contributed by atoms with Gasteiger partial charge in [-0.3, -0.25) is 13.2 Å². The van der Waals surface area contributed by atoms with Crippen LogP contribution in [0.2, 0.25) is 0 Å². The highest BCUT2D eigenvalue weighted by molar-refractivity contribution is 7.90. The number of carbonyl (C=O) groups is 1. The molecule has 1 heterocycles. The zero-order valence-electron chi connectivity index (χ0n) is 12.5. The first-order valence-electron chi connectivity index (χ1n) is 7.87. The maximum Gasteiger partial charge on any atom is 0.198 e. The quantitative estimate of drug-likeness (QED) is 0.598. The molecular weight excluding hydrogens is 284 g/mol. The minimum absolute atomic E-state index is 0.0326. The second-order valence-corrected chi connectivity index (χ2v) is 6.59.